The van der Waals surface area contributed by atoms with Crippen molar-refractivity contribution in [3.63, 3.8) is 0 Å². The highest BCUT2D eigenvalue weighted by atomic mass is 28.4. The van der Waals surface area contributed by atoms with E-state index >= 15 is 0 Å². The van der Waals surface area contributed by atoms with Gasteiger partial charge >= 0.3 is 17.9 Å². The fraction of sp³-hybridized carbons (Fsp3) is 0.588. The van der Waals surface area contributed by atoms with Crippen molar-refractivity contribution in [1.82, 2.24) is 0 Å². The van der Waals surface area contributed by atoms with Crippen molar-refractivity contribution in [2.45, 2.75) is 188 Å². The highest BCUT2D eigenvalue weighted by Crippen LogP contribution is 2.44. The van der Waals surface area contributed by atoms with Crippen LogP contribution < -0.4 is 8.85 Å². The van der Waals surface area contributed by atoms with E-state index in [2.05, 4.69) is 94.7 Å². The van der Waals surface area contributed by atoms with Gasteiger partial charge in [0.1, 0.15) is 18.1 Å². The van der Waals surface area contributed by atoms with Crippen molar-refractivity contribution in [2.75, 3.05) is 6.61 Å². The molecule has 0 saturated carbocycles. The largest absolute Gasteiger partial charge is 0.543 e. The standard InChI is InChI=1S/C27H40O3Si.C20H34O3Si.C4H8O2/c1-8-12-26(27(28)29-19-23-13-10-9-11-14-23)24-15-17-25(18-16-24)30-31(20(2)3,21(4)5)22(6)7;1-8-9-19(20(21)22)17-10-12-18(13-11-17)23-24(14(2)3,15(4)5)16(6)7;1-3-6-4(2)5/h9-11,13-18,20-22,26H,8,12,19H2,1-7H3;10-16,19H,8-9H2,1-7H3,(H,21,22);3H2,1-2H3. The van der Waals surface area contributed by atoms with E-state index in [1.54, 1.807) is 6.92 Å². The van der Waals surface area contributed by atoms with Crippen LogP contribution in [-0.2, 0) is 30.5 Å². The Labute approximate surface area is 372 Å². The Hall–Kier alpha value is -3.90. The summed E-state index contributed by atoms with van der Waals surface area (Å²) in [5.41, 5.74) is 5.99. The van der Waals surface area contributed by atoms with Gasteiger partial charge in [-0.1, -0.05) is 164 Å². The average molecular weight is 879 g/mol. The van der Waals surface area contributed by atoms with E-state index < -0.39 is 28.5 Å². The third-order valence-corrected chi connectivity index (χ3v) is 23.9. The van der Waals surface area contributed by atoms with Crippen molar-refractivity contribution in [2.24, 2.45) is 0 Å². The van der Waals surface area contributed by atoms with Crippen molar-refractivity contribution in [3.8, 4) is 11.5 Å². The lowest BCUT2D eigenvalue weighted by atomic mass is 9.94. The molecule has 3 rings (SSSR count). The number of hydrogen-bond acceptors (Lipinski definition) is 7. The number of carboxylic acid groups (broad SMARTS) is 1. The molecule has 61 heavy (non-hydrogen) atoms. The molecule has 0 fully saturated rings. The second-order valence-corrected chi connectivity index (χ2v) is 28.8. The molecule has 8 nitrogen and oxygen atoms in total. The number of carbonyl (C=O) groups excluding carboxylic acids is 2. The summed E-state index contributed by atoms with van der Waals surface area (Å²) in [5.74, 6) is 0.00546. The third kappa shape index (κ3) is 16.4. The summed E-state index contributed by atoms with van der Waals surface area (Å²) in [6.45, 7) is 35.4. The van der Waals surface area contributed by atoms with Gasteiger partial charge in [-0.25, -0.2) is 0 Å². The first-order valence-corrected chi connectivity index (χ1v) is 27.1. The molecular formula is C51H82O8Si2. The molecule has 0 aliphatic heterocycles. The first kappa shape index (κ1) is 55.1. The molecule has 0 aliphatic rings. The van der Waals surface area contributed by atoms with Gasteiger partial charge in [-0.3, -0.25) is 14.4 Å². The van der Waals surface area contributed by atoms with Gasteiger partial charge in [0.05, 0.1) is 18.4 Å². The normalized spacial score (nSPS) is 12.7. The molecule has 0 heterocycles. The fourth-order valence-electron chi connectivity index (χ4n) is 9.11. The Kier molecular flexibility index (Phi) is 24.6. The van der Waals surface area contributed by atoms with E-state index in [4.69, 9.17) is 13.6 Å². The molecule has 0 amide bonds. The highest BCUT2D eigenvalue weighted by molar-refractivity contribution is 6.78. The second-order valence-electron chi connectivity index (χ2n) is 18.0. The maximum atomic E-state index is 12.8. The van der Waals surface area contributed by atoms with Crippen LogP contribution in [-0.4, -0.2) is 46.3 Å². The third-order valence-electron chi connectivity index (χ3n) is 11.9. The second kappa shape index (κ2) is 27.2. The smallest absolute Gasteiger partial charge is 0.313 e. The van der Waals surface area contributed by atoms with Crippen LogP contribution in [0.1, 0.15) is 165 Å². The van der Waals surface area contributed by atoms with Gasteiger partial charge in [-0.05, 0) is 94.0 Å². The number of hydrogen-bond donors (Lipinski definition) is 1. The molecule has 10 heteroatoms. The maximum absolute atomic E-state index is 12.8. The van der Waals surface area contributed by atoms with E-state index in [9.17, 15) is 19.5 Å². The Bertz CT molecular complexity index is 1640. The van der Waals surface area contributed by atoms with E-state index in [0.29, 0.717) is 52.9 Å². The van der Waals surface area contributed by atoms with E-state index in [1.807, 2.05) is 85.8 Å². The van der Waals surface area contributed by atoms with Gasteiger partial charge in [0, 0.05) is 6.92 Å². The van der Waals surface area contributed by atoms with Gasteiger partial charge < -0.3 is 23.4 Å². The number of aliphatic carboxylic acids is 1. The summed E-state index contributed by atoms with van der Waals surface area (Å²) in [4.78, 5) is 34.1. The predicted molar refractivity (Wildman–Crippen MR) is 258 cm³/mol. The van der Waals surface area contributed by atoms with Crippen LogP contribution in [0, 0.1) is 0 Å². The zero-order valence-corrected chi connectivity index (χ0v) is 42.7. The van der Waals surface area contributed by atoms with Gasteiger partial charge in [-0.15, -0.1) is 0 Å². The van der Waals surface area contributed by atoms with Crippen LogP contribution in [0.5, 0.6) is 11.5 Å². The Balaban J connectivity index is 0.000000551. The first-order chi connectivity index (χ1) is 28.6. The SMILES string of the molecule is CCCC(C(=O)O)c1ccc(O[Si](C(C)C)(C(C)C)C(C)C)cc1.CCCC(C(=O)OCc1ccccc1)c1ccc(O[Si](C(C)C)(C(C)C)C(C)C)cc1.CCOC(C)=O. The summed E-state index contributed by atoms with van der Waals surface area (Å²) in [6, 6.07) is 25.7. The van der Waals surface area contributed by atoms with Gasteiger partial charge in [0.2, 0.25) is 0 Å². The molecule has 0 bridgehead atoms. The Morgan fingerprint density at radius 1 is 0.525 bits per heavy atom. The van der Waals surface area contributed by atoms with Crippen LogP contribution >= 0.6 is 0 Å². The van der Waals surface area contributed by atoms with E-state index in [0.717, 1.165) is 47.5 Å². The summed E-state index contributed by atoms with van der Waals surface area (Å²) >= 11 is 0. The number of esters is 2. The maximum Gasteiger partial charge on any atom is 0.313 e. The minimum Gasteiger partial charge on any atom is -0.543 e. The van der Waals surface area contributed by atoms with E-state index in [1.165, 1.54) is 6.92 Å². The van der Waals surface area contributed by atoms with Crippen LogP contribution in [0.3, 0.4) is 0 Å². The molecule has 2 atom stereocenters. The molecular weight excluding hydrogens is 797 g/mol. The van der Waals surface area contributed by atoms with Gasteiger partial charge in [0.15, 0.2) is 0 Å². The molecule has 2 unspecified atom stereocenters. The topological polar surface area (TPSA) is 108 Å². The van der Waals surface area contributed by atoms with Crippen molar-refractivity contribution >= 4 is 34.5 Å². The number of rotatable bonds is 21. The fourth-order valence-corrected chi connectivity index (χ4v) is 19.6. The van der Waals surface area contributed by atoms with Crippen LogP contribution in [0.4, 0.5) is 0 Å². The summed E-state index contributed by atoms with van der Waals surface area (Å²) in [7, 11) is -3.96. The van der Waals surface area contributed by atoms with Crippen molar-refractivity contribution < 1.29 is 37.8 Å². The molecule has 0 saturated heterocycles. The molecule has 1 N–H and O–H groups in total. The number of carboxylic acids is 1. The average Bonchev–Trinajstić information content (AvgIpc) is 3.19. The monoisotopic (exact) mass is 879 g/mol. The van der Waals surface area contributed by atoms with Gasteiger partial charge in [0.25, 0.3) is 16.6 Å². The number of benzene rings is 3. The summed E-state index contributed by atoms with van der Waals surface area (Å²) in [6.07, 6.45) is 3.22. The number of carbonyl (C=O) groups is 3. The van der Waals surface area contributed by atoms with Crippen LogP contribution in [0.2, 0.25) is 33.2 Å². The molecule has 0 aromatic heterocycles. The lowest BCUT2D eigenvalue weighted by Gasteiger charge is -2.42. The Morgan fingerprint density at radius 2 is 0.885 bits per heavy atom. The van der Waals surface area contributed by atoms with Crippen molar-refractivity contribution in [1.29, 1.82) is 0 Å². The molecule has 3 aromatic rings. The quantitative estimate of drug-likeness (QED) is 0.0832. The molecule has 342 valence electrons. The van der Waals surface area contributed by atoms with Gasteiger partial charge in [-0.2, -0.15) is 0 Å². The lowest BCUT2D eigenvalue weighted by Crippen LogP contribution is -2.50. The lowest BCUT2D eigenvalue weighted by molar-refractivity contribution is -0.147. The molecule has 0 radical (unpaired) electrons. The molecule has 0 spiro atoms. The minimum atomic E-state index is -1.99. The van der Waals surface area contributed by atoms with Crippen LogP contribution in [0.15, 0.2) is 78.9 Å². The van der Waals surface area contributed by atoms with Crippen molar-refractivity contribution in [3.05, 3.63) is 95.6 Å². The Morgan fingerprint density at radius 3 is 1.18 bits per heavy atom. The minimum absolute atomic E-state index is 0.158. The summed E-state index contributed by atoms with van der Waals surface area (Å²) in [5, 5.41) is 9.41. The number of ether oxygens (including phenoxy) is 2. The molecule has 0 aliphatic carbocycles. The predicted octanol–water partition coefficient (Wildman–Crippen LogP) is 14.6. The molecule has 3 aromatic carbocycles. The van der Waals surface area contributed by atoms with E-state index in [-0.39, 0.29) is 17.9 Å². The zero-order chi connectivity index (χ0) is 46.5. The first-order valence-electron chi connectivity index (χ1n) is 22.8. The zero-order valence-electron chi connectivity index (χ0n) is 40.7. The summed E-state index contributed by atoms with van der Waals surface area (Å²) < 4.78 is 23.4. The highest BCUT2D eigenvalue weighted by Gasteiger charge is 2.48. The van der Waals surface area contributed by atoms with Crippen LogP contribution in [0.25, 0.3) is 0 Å².